The van der Waals surface area contributed by atoms with E-state index in [1.54, 1.807) is 18.9 Å². The average Bonchev–Trinajstić information content (AvgIpc) is 2.65. The molecule has 0 spiro atoms. The van der Waals surface area contributed by atoms with Crippen LogP contribution in [0.1, 0.15) is 40.9 Å². The van der Waals surface area contributed by atoms with Gasteiger partial charge in [-0.2, -0.15) is 0 Å². The first-order valence-electron chi connectivity index (χ1n) is 8.70. The maximum atomic E-state index is 12.4. The van der Waals surface area contributed by atoms with Crippen molar-refractivity contribution in [3.63, 3.8) is 0 Å². The minimum atomic E-state index is -0.548. The number of ether oxygens (including phenoxy) is 2. The van der Waals surface area contributed by atoms with E-state index in [2.05, 4.69) is 0 Å². The number of phenols is 1. The van der Waals surface area contributed by atoms with E-state index in [-0.39, 0.29) is 11.3 Å². The van der Waals surface area contributed by atoms with Gasteiger partial charge in [0, 0.05) is 16.2 Å². The van der Waals surface area contributed by atoms with Crippen LogP contribution in [0.4, 0.5) is 0 Å². The zero-order valence-corrected chi connectivity index (χ0v) is 17.3. The van der Waals surface area contributed by atoms with Crippen LogP contribution in [0.3, 0.4) is 0 Å². The monoisotopic (exact) mass is 386 g/mol. The molecule has 0 fully saturated rings. The molecule has 0 unspecified atom stereocenters. The van der Waals surface area contributed by atoms with Crippen molar-refractivity contribution in [2.24, 2.45) is 0 Å². The smallest absolute Gasteiger partial charge is 0.341 e. The summed E-state index contributed by atoms with van der Waals surface area (Å²) in [6.45, 7) is 6.01. The molecule has 2 aromatic rings. The van der Waals surface area contributed by atoms with Crippen molar-refractivity contribution in [1.82, 2.24) is 0 Å². The van der Waals surface area contributed by atoms with Crippen molar-refractivity contribution in [2.75, 3.05) is 14.2 Å². The maximum Gasteiger partial charge on any atom is 0.341 e. The highest BCUT2D eigenvalue weighted by molar-refractivity contribution is 7.98. The molecule has 0 bridgehead atoms. The number of rotatable bonds is 7. The van der Waals surface area contributed by atoms with Gasteiger partial charge in [-0.3, -0.25) is 0 Å². The van der Waals surface area contributed by atoms with E-state index in [4.69, 9.17) is 9.47 Å². The van der Waals surface area contributed by atoms with E-state index in [0.717, 1.165) is 10.5 Å². The van der Waals surface area contributed by atoms with Crippen LogP contribution in [-0.4, -0.2) is 25.3 Å². The Balaban J connectivity index is 2.45. The molecule has 1 N–H and O–H groups in total. The number of aromatic hydroxyl groups is 1. The number of aryl methyl sites for hydroxylation is 1. The third-order valence-corrected chi connectivity index (χ3v) is 5.25. The van der Waals surface area contributed by atoms with Crippen molar-refractivity contribution in [3.8, 4) is 11.5 Å². The molecule has 0 saturated heterocycles. The van der Waals surface area contributed by atoms with E-state index in [0.29, 0.717) is 29.1 Å². The Labute approximate surface area is 165 Å². The van der Waals surface area contributed by atoms with Gasteiger partial charge in [-0.15, -0.1) is 11.8 Å². The Morgan fingerprint density at radius 3 is 2.41 bits per heavy atom. The van der Waals surface area contributed by atoms with Crippen molar-refractivity contribution in [2.45, 2.75) is 37.8 Å². The Hall–Kier alpha value is -2.40. The zero-order valence-electron chi connectivity index (χ0n) is 16.5. The van der Waals surface area contributed by atoms with Crippen LogP contribution in [0.2, 0.25) is 0 Å². The Morgan fingerprint density at radius 1 is 1.19 bits per heavy atom. The van der Waals surface area contributed by atoms with E-state index < -0.39 is 5.97 Å². The normalized spacial score (nSPS) is 10.4. The number of thioether (sulfide) groups is 1. The van der Waals surface area contributed by atoms with Gasteiger partial charge in [0.1, 0.15) is 17.1 Å². The summed E-state index contributed by atoms with van der Waals surface area (Å²) in [6.07, 6.45) is 2.46. The molecule has 0 saturated carbocycles. The molecule has 0 atom stereocenters. The predicted octanol–water partition coefficient (Wildman–Crippen LogP) is 5.30. The van der Waals surface area contributed by atoms with Crippen LogP contribution in [0.5, 0.6) is 11.5 Å². The molecule has 0 heterocycles. The first kappa shape index (κ1) is 20.9. The lowest BCUT2D eigenvalue weighted by atomic mass is 9.99. The molecule has 144 valence electrons. The molecule has 2 aromatic carbocycles. The molecule has 0 aliphatic rings. The Morgan fingerprint density at radius 2 is 1.85 bits per heavy atom. The maximum absolute atomic E-state index is 12.4. The Bertz CT molecular complexity index is 834. The van der Waals surface area contributed by atoms with Crippen molar-refractivity contribution >= 4 is 17.7 Å². The lowest BCUT2D eigenvalue weighted by molar-refractivity contribution is 0.0596. The quantitative estimate of drug-likeness (QED) is 0.398. The second kappa shape index (κ2) is 9.51. The summed E-state index contributed by atoms with van der Waals surface area (Å²) in [6, 6.07) is 9.99. The largest absolute Gasteiger partial charge is 0.507 e. The SMILES string of the molecule is COC(=O)c1c(CSc2ccc(C)cc2)cc(OC)c(CC=C(C)C)c1O. The summed E-state index contributed by atoms with van der Waals surface area (Å²) in [5, 5.41) is 10.8. The van der Waals surface area contributed by atoms with Gasteiger partial charge in [-0.1, -0.05) is 29.3 Å². The molecule has 0 aliphatic heterocycles. The van der Waals surface area contributed by atoms with Gasteiger partial charge in [0.05, 0.1) is 14.2 Å². The summed E-state index contributed by atoms with van der Waals surface area (Å²) < 4.78 is 10.4. The molecule has 4 nitrogen and oxygen atoms in total. The molecule has 0 radical (unpaired) electrons. The van der Waals surface area contributed by atoms with Gasteiger partial charge >= 0.3 is 5.97 Å². The number of allylic oxidation sites excluding steroid dienone is 2. The van der Waals surface area contributed by atoms with Crippen molar-refractivity contribution in [3.05, 3.63) is 64.2 Å². The lowest BCUT2D eigenvalue weighted by Gasteiger charge is -2.17. The van der Waals surface area contributed by atoms with Crippen LogP contribution in [0, 0.1) is 6.92 Å². The number of esters is 1. The summed E-state index contributed by atoms with van der Waals surface area (Å²) in [4.78, 5) is 13.4. The molecular weight excluding hydrogens is 360 g/mol. The van der Waals surface area contributed by atoms with Gasteiger partial charge < -0.3 is 14.6 Å². The number of phenolic OH excluding ortho intramolecular Hbond substituents is 1. The minimum absolute atomic E-state index is 0.0711. The first-order valence-corrected chi connectivity index (χ1v) is 9.68. The van der Waals surface area contributed by atoms with Gasteiger partial charge in [-0.25, -0.2) is 4.79 Å². The highest BCUT2D eigenvalue weighted by atomic mass is 32.2. The van der Waals surface area contributed by atoms with Gasteiger partial charge in [-0.05, 0) is 51.0 Å². The van der Waals surface area contributed by atoms with E-state index >= 15 is 0 Å². The molecule has 0 aliphatic carbocycles. The first-order chi connectivity index (χ1) is 12.9. The van der Waals surface area contributed by atoms with Crippen LogP contribution in [0.15, 0.2) is 46.9 Å². The fourth-order valence-corrected chi connectivity index (χ4v) is 3.54. The van der Waals surface area contributed by atoms with Gasteiger partial charge in [0.2, 0.25) is 0 Å². The van der Waals surface area contributed by atoms with Crippen LogP contribution < -0.4 is 4.74 Å². The molecule has 0 amide bonds. The van der Waals surface area contributed by atoms with Gasteiger partial charge in [0.25, 0.3) is 0 Å². The molecule has 2 rings (SSSR count). The van der Waals surface area contributed by atoms with Crippen LogP contribution in [-0.2, 0) is 16.9 Å². The number of benzene rings is 2. The van der Waals surface area contributed by atoms with Crippen molar-refractivity contribution < 1.29 is 19.4 Å². The second-order valence-corrected chi connectivity index (χ2v) is 7.57. The summed E-state index contributed by atoms with van der Waals surface area (Å²) in [5.74, 6) is 0.462. The highest BCUT2D eigenvalue weighted by Gasteiger charge is 2.23. The lowest BCUT2D eigenvalue weighted by Crippen LogP contribution is -2.08. The third-order valence-electron chi connectivity index (χ3n) is 4.19. The average molecular weight is 387 g/mol. The number of hydrogen-bond donors (Lipinski definition) is 1. The number of hydrogen-bond acceptors (Lipinski definition) is 5. The summed E-state index contributed by atoms with van der Waals surface area (Å²) >= 11 is 1.59. The van der Waals surface area contributed by atoms with E-state index in [9.17, 15) is 9.90 Å². The predicted molar refractivity (Wildman–Crippen MR) is 110 cm³/mol. The highest BCUT2D eigenvalue weighted by Crippen LogP contribution is 2.38. The summed E-state index contributed by atoms with van der Waals surface area (Å²) in [5.41, 5.74) is 3.79. The standard InChI is InChI=1S/C22H26O4S/c1-14(2)6-11-18-19(25-4)12-16(20(21(18)23)22(24)26-5)13-27-17-9-7-15(3)8-10-17/h6-10,12,23H,11,13H2,1-5H3. The van der Waals surface area contributed by atoms with Crippen molar-refractivity contribution in [1.29, 1.82) is 0 Å². The fourth-order valence-electron chi connectivity index (χ4n) is 2.66. The Kier molecular flexibility index (Phi) is 7.36. The zero-order chi connectivity index (χ0) is 20.0. The minimum Gasteiger partial charge on any atom is -0.507 e. The molecule has 5 heteroatoms. The number of carbonyl (C=O) groups is 1. The topological polar surface area (TPSA) is 55.8 Å². The third kappa shape index (κ3) is 5.30. The van der Waals surface area contributed by atoms with Crippen LogP contribution in [0.25, 0.3) is 0 Å². The fraction of sp³-hybridized carbons (Fsp3) is 0.318. The molecule has 27 heavy (non-hydrogen) atoms. The van der Waals surface area contributed by atoms with E-state index in [1.165, 1.54) is 12.7 Å². The van der Waals surface area contributed by atoms with Gasteiger partial charge in [0.15, 0.2) is 0 Å². The molecule has 0 aromatic heterocycles. The number of carbonyl (C=O) groups excluding carboxylic acids is 1. The summed E-state index contributed by atoms with van der Waals surface area (Å²) in [7, 11) is 2.88. The van der Waals surface area contributed by atoms with E-state index in [1.807, 2.05) is 57.2 Å². The second-order valence-electron chi connectivity index (χ2n) is 6.52. The van der Waals surface area contributed by atoms with Crippen LogP contribution >= 0.6 is 11.8 Å². The number of methoxy groups -OCH3 is 2. The molecular formula is C22H26O4S.